The van der Waals surface area contributed by atoms with E-state index in [4.69, 9.17) is 14.5 Å². The fraction of sp³-hybridized carbons (Fsp3) is 0.547. The molecule has 6 bridgehead atoms. The number of piperidine rings is 1. The van der Waals surface area contributed by atoms with Gasteiger partial charge in [-0.3, -0.25) is 34.0 Å². The molecule has 0 saturated carbocycles. The Balaban J connectivity index is 1.08. The van der Waals surface area contributed by atoms with Crippen molar-refractivity contribution in [1.29, 1.82) is 0 Å². The van der Waals surface area contributed by atoms with Gasteiger partial charge in [0.1, 0.15) is 23.9 Å². The Morgan fingerprint density at radius 3 is 2.46 bits per heavy atom. The maximum atomic E-state index is 14.8. The number of esters is 1. The maximum Gasteiger partial charge on any atom is 0.324 e. The van der Waals surface area contributed by atoms with Crippen LogP contribution in [0.25, 0.3) is 33.3 Å². The van der Waals surface area contributed by atoms with E-state index in [1.807, 2.05) is 43.9 Å². The van der Waals surface area contributed by atoms with Crippen molar-refractivity contribution in [3.8, 4) is 28.1 Å². The number of hydrogen-bond donors (Lipinski definition) is 4. The third-order valence-corrected chi connectivity index (χ3v) is 15.2. The Hall–Kier alpha value is -5.84. The van der Waals surface area contributed by atoms with Gasteiger partial charge < -0.3 is 39.6 Å². The lowest BCUT2D eigenvalue weighted by Crippen LogP contribution is -2.62. The number of methoxy groups -OCH3 is 1. The van der Waals surface area contributed by atoms with Gasteiger partial charge in [-0.1, -0.05) is 39.8 Å². The fourth-order valence-electron chi connectivity index (χ4n) is 11.3. The molecule has 4 fully saturated rings. The minimum atomic E-state index is -1.14. The number of rotatable bonds is 9. The molecule has 5 aliphatic heterocycles. The van der Waals surface area contributed by atoms with Crippen LogP contribution in [-0.4, -0.2) is 130 Å². The van der Waals surface area contributed by atoms with Gasteiger partial charge in [0, 0.05) is 80.9 Å². The molecule has 0 aliphatic carbocycles. The molecular formula is C53H68N8O8. The SMILES string of the molecule is CCn1c(-c2cccnc2[C@H](C)OC)c2c3cc(ccc31)-c1cc(O)cc(c1)C[C@H](NC(=O)[C@H](C(C)C)N1CCC3(CCN(C(=O)[C@@H]4CN4)CC3)C1=O)C(=O)N1CCC[C@H](N1)C(=O)OCC(C)(C)C2. The van der Waals surface area contributed by atoms with E-state index >= 15 is 0 Å². The van der Waals surface area contributed by atoms with Crippen molar-refractivity contribution in [3.05, 3.63) is 71.5 Å². The van der Waals surface area contributed by atoms with Gasteiger partial charge in [0.15, 0.2) is 0 Å². The van der Waals surface area contributed by atoms with Crippen LogP contribution < -0.4 is 16.1 Å². The lowest BCUT2D eigenvalue weighted by Gasteiger charge is -2.39. The van der Waals surface area contributed by atoms with E-state index in [1.54, 1.807) is 30.3 Å². The number of cyclic esters (lactones) is 1. The lowest BCUT2D eigenvalue weighted by atomic mass is 9.77. The number of amides is 4. The highest BCUT2D eigenvalue weighted by atomic mass is 16.5. The Morgan fingerprint density at radius 2 is 1.75 bits per heavy atom. The third-order valence-electron chi connectivity index (χ3n) is 15.2. The zero-order valence-corrected chi connectivity index (χ0v) is 41.1. The first-order valence-corrected chi connectivity index (χ1v) is 24.9. The molecule has 1 spiro atoms. The van der Waals surface area contributed by atoms with Gasteiger partial charge >= 0.3 is 5.97 Å². The number of aromatic nitrogens is 2. The van der Waals surface area contributed by atoms with Crippen LogP contribution in [0.2, 0.25) is 0 Å². The van der Waals surface area contributed by atoms with Crippen molar-refractivity contribution in [3.63, 3.8) is 0 Å². The number of aryl methyl sites for hydroxylation is 1. The standard InChI is InChI=1S/C53H68N8O8/c1-8-59-43-14-13-34-27-38(43)39(46(59)37-11-9-18-54-44(37)32(4)68-7)28-52(5,6)30-69-50(66)40-12-10-19-61(57-40)49(65)41(25-33-23-35(34)26-36(62)24-33)56-47(63)45(31(2)3)60-22-17-53(51(60)67)15-20-58(21-16-53)48(64)42-29-55-42/h9,11,13-14,18,23-24,26-27,31-32,40-42,45,55,57,62H,8,10,12,15-17,19-22,25,28-30H2,1-7H3,(H,56,63)/t32-,40-,41-,42-,45-/m0/s1. The maximum absolute atomic E-state index is 14.8. The van der Waals surface area contributed by atoms with E-state index < -0.39 is 46.7 Å². The molecule has 368 valence electrons. The van der Waals surface area contributed by atoms with E-state index in [9.17, 15) is 29.1 Å². The Kier molecular flexibility index (Phi) is 13.4. The summed E-state index contributed by atoms with van der Waals surface area (Å²) in [5.74, 6) is -1.67. The zero-order chi connectivity index (χ0) is 48.9. The van der Waals surface area contributed by atoms with Crippen LogP contribution in [-0.2, 0) is 52.8 Å². The number of phenols is 1. The largest absolute Gasteiger partial charge is 0.508 e. The smallest absolute Gasteiger partial charge is 0.324 e. The number of carbonyl (C=O) groups excluding carboxylic acids is 5. The van der Waals surface area contributed by atoms with Crippen LogP contribution in [0.3, 0.4) is 0 Å². The van der Waals surface area contributed by atoms with Crippen LogP contribution in [0.4, 0.5) is 0 Å². The first-order chi connectivity index (χ1) is 33.0. The number of fused-ring (bicyclic) bond motifs is 6. The van der Waals surface area contributed by atoms with Gasteiger partial charge in [-0.05, 0) is 117 Å². The van der Waals surface area contributed by atoms with Gasteiger partial charge in [-0.15, -0.1) is 0 Å². The van der Waals surface area contributed by atoms with E-state index in [2.05, 4.69) is 59.6 Å². The van der Waals surface area contributed by atoms with E-state index in [-0.39, 0.29) is 48.7 Å². The summed E-state index contributed by atoms with van der Waals surface area (Å²) in [6.07, 6.45) is 4.69. The number of nitrogens with one attached hydrogen (secondary N) is 3. The predicted octanol–water partition coefficient (Wildman–Crippen LogP) is 5.29. The first kappa shape index (κ1) is 48.2. The van der Waals surface area contributed by atoms with E-state index in [0.29, 0.717) is 83.4 Å². The molecule has 4 amide bonds. The number of hydrogen-bond acceptors (Lipinski definition) is 11. The lowest BCUT2D eigenvalue weighted by molar-refractivity contribution is -0.155. The summed E-state index contributed by atoms with van der Waals surface area (Å²) in [6.45, 7) is 15.2. The number of nitrogens with zero attached hydrogens (tertiary/aromatic N) is 5. The summed E-state index contributed by atoms with van der Waals surface area (Å²) in [7, 11) is 1.68. The topological polar surface area (TPSA) is 198 Å². The van der Waals surface area contributed by atoms with Gasteiger partial charge in [-0.25, -0.2) is 5.43 Å². The predicted molar refractivity (Wildman–Crippen MR) is 260 cm³/mol. The van der Waals surface area contributed by atoms with Crippen LogP contribution in [0.1, 0.15) is 96.6 Å². The number of pyridine rings is 1. The minimum absolute atomic E-state index is 0.00400. The second kappa shape index (κ2) is 19.2. The molecule has 2 aromatic carbocycles. The zero-order valence-electron chi connectivity index (χ0n) is 41.1. The summed E-state index contributed by atoms with van der Waals surface area (Å²) >= 11 is 0. The molecule has 16 heteroatoms. The molecule has 9 rings (SSSR count). The molecule has 7 heterocycles. The van der Waals surface area contributed by atoms with Crippen molar-refractivity contribution in [1.82, 2.24) is 40.4 Å². The molecule has 16 nitrogen and oxygen atoms in total. The number of benzene rings is 2. The molecule has 4 aromatic rings. The molecule has 5 aliphatic rings. The number of likely N-dealkylation sites (tertiary alicyclic amines) is 2. The van der Waals surface area contributed by atoms with E-state index in [1.165, 1.54) is 5.01 Å². The molecule has 0 unspecified atom stereocenters. The second-order valence-corrected chi connectivity index (χ2v) is 21.0. The minimum Gasteiger partial charge on any atom is -0.508 e. The van der Waals surface area contributed by atoms with Gasteiger partial charge in [-0.2, -0.15) is 0 Å². The molecular weight excluding hydrogens is 877 g/mol. The Bertz CT molecular complexity index is 2650. The van der Waals surface area contributed by atoms with Crippen LogP contribution in [0.15, 0.2) is 54.7 Å². The van der Waals surface area contributed by atoms with Crippen molar-refractivity contribution < 1.29 is 38.6 Å². The molecule has 4 saturated heterocycles. The van der Waals surface area contributed by atoms with Gasteiger partial charge in [0.05, 0.1) is 35.6 Å². The monoisotopic (exact) mass is 945 g/mol. The van der Waals surface area contributed by atoms with Crippen LogP contribution in [0, 0.1) is 16.7 Å². The van der Waals surface area contributed by atoms with Crippen molar-refractivity contribution in [2.24, 2.45) is 16.7 Å². The van der Waals surface area contributed by atoms with Crippen LogP contribution >= 0.6 is 0 Å². The summed E-state index contributed by atoms with van der Waals surface area (Å²) in [5, 5.41) is 20.0. The number of ether oxygens (including phenoxy) is 2. The molecule has 0 radical (unpaired) electrons. The summed E-state index contributed by atoms with van der Waals surface area (Å²) in [4.78, 5) is 79.2. The highest BCUT2D eigenvalue weighted by Gasteiger charge is 2.52. The summed E-state index contributed by atoms with van der Waals surface area (Å²) < 4.78 is 14.3. The number of hydrazine groups is 1. The third kappa shape index (κ3) is 9.47. The van der Waals surface area contributed by atoms with Crippen molar-refractivity contribution >= 4 is 40.5 Å². The van der Waals surface area contributed by atoms with Crippen molar-refractivity contribution in [2.45, 2.75) is 123 Å². The van der Waals surface area contributed by atoms with Gasteiger partial charge in [0.25, 0.3) is 5.91 Å². The molecule has 5 atom stereocenters. The number of aromatic hydroxyl groups is 1. The summed E-state index contributed by atoms with van der Waals surface area (Å²) in [5.41, 5.74) is 9.01. The summed E-state index contributed by atoms with van der Waals surface area (Å²) in [6, 6.07) is 12.6. The molecule has 4 N–H and O–H groups in total. The van der Waals surface area contributed by atoms with Crippen molar-refractivity contribution in [2.75, 3.05) is 46.4 Å². The average Bonchev–Trinajstić information content (AvgIpc) is 4.10. The molecule has 2 aromatic heterocycles. The van der Waals surface area contributed by atoms with E-state index in [0.717, 1.165) is 44.5 Å². The average molecular weight is 945 g/mol. The number of phenolic OH excluding ortho intramolecular Hbond substituents is 1. The highest BCUT2D eigenvalue weighted by molar-refractivity contribution is 5.97. The van der Waals surface area contributed by atoms with Gasteiger partial charge in [0.2, 0.25) is 17.7 Å². The molecule has 69 heavy (non-hydrogen) atoms. The quantitative estimate of drug-likeness (QED) is 0.126. The normalized spacial score (nSPS) is 23.5. The first-order valence-electron chi connectivity index (χ1n) is 24.9. The number of carbonyl (C=O) groups is 5. The Morgan fingerprint density at radius 1 is 1.00 bits per heavy atom. The highest BCUT2D eigenvalue weighted by Crippen LogP contribution is 2.44. The fourth-order valence-corrected chi connectivity index (χ4v) is 11.3. The van der Waals surface area contributed by atoms with Crippen LogP contribution in [0.5, 0.6) is 5.75 Å². The Labute approximate surface area is 404 Å². The second-order valence-electron chi connectivity index (χ2n) is 21.0.